The zero-order valence-electron chi connectivity index (χ0n) is 10.6. The van der Waals surface area contributed by atoms with E-state index in [1.165, 1.54) is 0 Å². The monoisotopic (exact) mass is 256 g/mol. The molecule has 0 unspecified atom stereocenters. The Bertz CT molecular complexity index is 687. The number of nitrogens with zero attached hydrogens (tertiary/aromatic N) is 1. The van der Waals surface area contributed by atoms with Crippen LogP contribution in [-0.4, -0.2) is 31.0 Å². The summed E-state index contributed by atoms with van der Waals surface area (Å²) in [6.07, 6.45) is 0. The van der Waals surface area contributed by atoms with Crippen molar-refractivity contribution >= 4 is 22.6 Å². The van der Waals surface area contributed by atoms with Gasteiger partial charge in [0.2, 0.25) is 0 Å². The molecule has 0 atom stereocenters. The average Bonchev–Trinajstić information content (AvgIpc) is 2.44. The average molecular weight is 256 g/mol. The Morgan fingerprint density at radius 1 is 1.05 bits per heavy atom. The highest BCUT2D eigenvalue weighted by molar-refractivity contribution is 6.25. The molecule has 0 aromatic heterocycles. The van der Waals surface area contributed by atoms with E-state index in [1.54, 1.807) is 38.4 Å². The first-order valence-corrected chi connectivity index (χ1v) is 5.85. The number of amides is 2. The van der Waals surface area contributed by atoms with Crippen LogP contribution in [0.4, 0.5) is 0 Å². The number of rotatable bonds is 2. The zero-order chi connectivity index (χ0) is 13.6. The molecule has 0 aliphatic carbocycles. The number of hydrazine groups is 1. The van der Waals surface area contributed by atoms with Gasteiger partial charge in [0.15, 0.2) is 0 Å². The van der Waals surface area contributed by atoms with Crippen molar-refractivity contribution in [2.24, 2.45) is 0 Å². The van der Waals surface area contributed by atoms with Crippen LogP contribution in [0.2, 0.25) is 0 Å². The summed E-state index contributed by atoms with van der Waals surface area (Å²) in [5.74, 6) is -0.0446. The van der Waals surface area contributed by atoms with E-state index in [4.69, 9.17) is 4.74 Å². The summed E-state index contributed by atoms with van der Waals surface area (Å²) in [7, 11) is 3.11. The number of hydrogen-bond acceptors (Lipinski definition) is 4. The van der Waals surface area contributed by atoms with Crippen molar-refractivity contribution in [3.63, 3.8) is 0 Å². The molecule has 0 saturated carbocycles. The molecule has 0 spiro atoms. The number of benzene rings is 2. The van der Waals surface area contributed by atoms with E-state index in [0.717, 1.165) is 10.4 Å². The Balaban J connectivity index is 2.42. The first-order valence-electron chi connectivity index (χ1n) is 5.85. The maximum Gasteiger partial charge on any atom is 0.275 e. The first-order chi connectivity index (χ1) is 9.19. The largest absolute Gasteiger partial charge is 0.496 e. The summed E-state index contributed by atoms with van der Waals surface area (Å²) in [6.45, 7) is 0. The fourth-order valence-corrected chi connectivity index (χ4v) is 2.45. The lowest BCUT2D eigenvalue weighted by Gasteiger charge is -2.26. The molecule has 5 nitrogen and oxygen atoms in total. The molecule has 1 N–H and O–H groups in total. The topological polar surface area (TPSA) is 58.6 Å². The summed E-state index contributed by atoms with van der Waals surface area (Å²) >= 11 is 0. The van der Waals surface area contributed by atoms with Crippen LogP contribution in [0.1, 0.15) is 20.7 Å². The number of methoxy groups -OCH3 is 1. The van der Waals surface area contributed by atoms with E-state index < -0.39 is 0 Å². The van der Waals surface area contributed by atoms with Gasteiger partial charge in [0.1, 0.15) is 5.75 Å². The molecule has 0 radical (unpaired) electrons. The minimum absolute atomic E-state index is 0.348. The van der Waals surface area contributed by atoms with Gasteiger partial charge in [0.25, 0.3) is 11.8 Å². The van der Waals surface area contributed by atoms with Gasteiger partial charge < -0.3 is 4.74 Å². The molecule has 1 aliphatic rings. The number of nitrogens with one attached hydrogen (secondary N) is 1. The molecule has 3 rings (SSSR count). The normalized spacial score (nSPS) is 14.1. The van der Waals surface area contributed by atoms with Gasteiger partial charge in [-0.1, -0.05) is 12.1 Å². The second kappa shape index (κ2) is 4.07. The van der Waals surface area contributed by atoms with Crippen molar-refractivity contribution in [2.75, 3.05) is 14.2 Å². The molecular weight excluding hydrogens is 244 g/mol. The van der Waals surface area contributed by atoms with Gasteiger partial charge in [-0.15, -0.1) is 0 Å². The fourth-order valence-electron chi connectivity index (χ4n) is 2.45. The zero-order valence-corrected chi connectivity index (χ0v) is 10.6. The van der Waals surface area contributed by atoms with Crippen LogP contribution in [-0.2, 0) is 0 Å². The molecule has 1 aliphatic heterocycles. The minimum atomic E-state index is -0.348. The Morgan fingerprint density at radius 3 is 2.37 bits per heavy atom. The summed E-state index contributed by atoms with van der Waals surface area (Å²) in [6, 6.07) is 8.76. The van der Waals surface area contributed by atoms with E-state index in [2.05, 4.69) is 5.43 Å². The van der Waals surface area contributed by atoms with Crippen LogP contribution in [0.3, 0.4) is 0 Å². The van der Waals surface area contributed by atoms with Gasteiger partial charge in [0, 0.05) is 17.8 Å². The molecule has 2 amide bonds. The molecule has 0 fully saturated rings. The number of carbonyl (C=O) groups excluding carboxylic acids is 2. The molecule has 2 aromatic carbocycles. The van der Waals surface area contributed by atoms with Gasteiger partial charge in [-0.25, -0.2) is 10.4 Å². The summed E-state index contributed by atoms with van der Waals surface area (Å²) < 4.78 is 5.28. The predicted octanol–water partition coefficient (Wildman–Crippen LogP) is 1.58. The van der Waals surface area contributed by atoms with Gasteiger partial charge in [-0.3, -0.25) is 9.59 Å². The molecule has 5 heteroatoms. The number of hydrogen-bond donors (Lipinski definition) is 1. The minimum Gasteiger partial charge on any atom is -0.496 e. The number of ether oxygens (including phenoxy) is 1. The Labute approximate surface area is 109 Å². The third kappa shape index (κ3) is 1.45. The first kappa shape index (κ1) is 11.7. The quantitative estimate of drug-likeness (QED) is 0.829. The van der Waals surface area contributed by atoms with Crippen molar-refractivity contribution in [3.8, 4) is 5.75 Å². The van der Waals surface area contributed by atoms with Crippen molar-refractivity contribution in [1.82, 2.24) is 10.4 Å². The number of imide groups is 1. The van der Waals surface area contributed by atoms with E-state index in [-0.39, 0.29) is 11.8 Å². The van der Waals surface area contributed by atoms with Crippen LogP contribution >= 0.6 is 0 Å². The van der Waals surface area contributed by atoms with E-state index in [0.29, 0.717) is 22.3 Å². The van der Waals surface area contributed by atoms with Crippen LogP contribution in [0, 0.1) is 0 Å². The van der Waals surface area contributed by atoms with Crippen molar-refractivity contribution in [3.05, 3.63) is 41.5 Å². The molecule has 19 heavy (non-hydrogen) atoms. The van der Waals surface area contributed by atoms with Gasteiger partial charge in [0.05, 0.1) is 18.2 Å². The molecular formula is C14H12N2O3. The van der Waals surface area contributed by atoms with Gasteiger partial charge in [-0.2, -0.15) is 0 Å². The molecule has 0 bridgehead atoms. The van der Waals surface area contributed by atoms with Gasteiger partial charge >= 0.3 is 0 Å². The molecule has 2 aromatic rings. The smallest absolute Gasteiger partial charge is 0.275 e. The Kier molecular flexibility index (Phi) is 2.50. The van der Waals surface area contributed by atoms with Crippen molar-refractivity contribution in [2.45, 2.75) is 0 Å². The van der Waals surface area contributed by atoms with Crippen LogP contribution < -0.4 is 10.2 Å². The fraction of sp³-hybridized carbons (Fsp3) is 0.143. The van der Waals surface area contributed by atoms with Gasteiger partial charge in [-0.05, 0) is 18.2 Å². The highest BCUT2D eigenvalue weighted by atomic mass is 16.5. The lowest BCUT2D eigenvalue weighted by atomic mass is 9.94. The van der Waals surface area contributed by atoms with Crippen LogP contribution in [0.25, 0.3) is 10.8 Å². The summed E-state index contributed by atoms with van der Waals surface area (Å²) in [5, 5.41) is 2.45. The highest BCUT2D eigenvalue weighted by Gasteiger charge is 2.32. The maximum absolute atomic E-state index is 12.2. The second-order valence-corrected chi connectivity index (χ2v) is 4.21. The third-order valence-corrected chi connectivity index (χ3v) is 3.31. The summed E-state index contributed by atoms with van der Waals surface area (Å²) in [5.41, 5.74) is 3.62. The van der Waals surface area contributed by atoms with E-state index in [9.17, 15) is 9.59 Å². The Morgan fingerprint density at radius 2 is 1.74 bits per heavy atom. The van der Waals surface area contributed by atoms with Crippen molar-refractivity contribution < 1.29 is 14.3 Å². The highest BCUT2D eigenvalue weighted by Crippen LogP contribution is 2.34. The summed E-state index contributed by atoms with van der Waals surface area (Å²) in [4.78, 5) is 24.5. The Hall–Kier alpha value is -2.40. The molecule has 96 valence electrons. The van der Waals surface area contributed by atoms with Crippen molar-refractivity contribution in [1.29, 1.82) is 0 Å². The van der Waals surface area contributed by atoms with E-state index in [1.807, 2.05) is 6.07 Å². The second-order valence-electron chi connectivity index (χ2n) is 4.21. The predicted molar refractivity (Wildman–Crippen MR) is 70.1 cm³/mol. The van der Waals surface area contributed by atoms with Crippen LogP contribution in [0.15, 0.2) is 30.3 Å². The third-order valence-electron chi connectivity index (χ3n) is 3.31. The maximum atomic E-state index is 12.2. The van der Waals surface area contributed by atoms with Crippen LogP contribution in [0.5, 0.6) is 5.75 Å². The standard InChI is InChI=1S/C14H12N2O3/c1-15-16-13(17)9-5-3-4-8-11(19-2)7-6-10(12(8)9)14(16)18/h3-7,15H,1-2H3. The molecule has 1 heterocycles. The number of carbonyl (C=O) groups is 2. The molecule has 0 saturated heterocycles. The lowest BCUT2D eigenvalue weighted by Crippen LogP contribution is -2.47. The SMILES string of the molecule is CNN1C(=O)c2cccc3c(OC)ccc(c23)C1=O. The van der Waals surface area contributed by atoms with E-state index >= 15 is 0 Å². The lowest BCUT2D eigenvalue weighted by molar-refractivity contribution is 0.0540.